The standard InChI is InChI=1S/C20H19FN4O3/c1-25(9-8-13-11-22-23-12-13)18-7-6-14(10-16(18)20(27)28)24-19(26)15-4-2-3-5-17(15)21/h2-7,10-12H,8-9H2,1H3,(H,22,23)(H,24,26)(H,27,28). The van der Waals surface area contributed by atoms with E-state index in [2.05, 4.69) is 15.5 Å². The smallest absolute Gasteiger partial charge is 0.337 e. The molecule has 0 atom stereocenters. The van der Waals surface area contributed by atoms with Crippen molar-refractivity contribution < 1.29 is 19.1 Å². The Balaban J connectivity index is 1.78. The highest BCUT2D eigenvalue weighted by atomic mass is 19.1. The molecule has 3 N–H and O–H groups in total. The van der Waals surface area contributed by atoms with Gasteiger partial charge in [-0.25, -0.2) is 9.18 Å². The lowest BCUT2D eigenvalue weighted by Gasteiger charge is -2.21. The number of aromatic nitrogens is 2. The fourth-order valence-electron chi connectivity index (χ4n) is 2.79. The Kier molecular flexibility index (Phi) is 5.69. The van der Waals surface area contributed by atoms with Crippen LogP contribution in [0.15, 0.2) is 54.9 Å². The predicted octanol–water partition coefficient (Wildman–Crippen LogP) is 3.18. The number of H-pyrrole nitrogens is 1. The van der Waals surface area contributed by atoms with Crippen LogP contribution in [0, 0.1) is 5.82 Å². The number of hydrogen-bond acceptors (Lipinski definition) is 4. The minimum atomic E-state index is -1.12. The van der Waals surface area contributed by atoms with Crippen LogP contribution >= 0.6 is 0 Å². The monoisotopic (exact) mass is 382 g/mol. The van der Waals surface area contributed by atoms with Gasteiger partial charge in [-0.05, 0) is 42.3 Å². The molecule has 0 unspecified atom stereocenters. The Bertz CT molecular complexity index is 989. The number of rotatable bonds is 7. The summed E-state index contributed by atoms with van der Waals surface area (Å²) in [5.41, 5.74) is 1.73. The van der Waals surface area contributed by atoms with Crippen molar-refractivity contribution in [2.45, 2.75) is 6.42 Å². The fourth-order valence-corrected chi connectivity index (χ4v) is 2.79. The summed E-state index contributed by atoms with van der Waals surface area (Å²) < 4.78 is 13.8. The van der Waals surface area contributed by atoms with Gasteiger partial charge < -0.3 is 15.3 Å². The molecule has 0 saturated carbocycles. The summed E-state index contributed by atoms with van der Waals surface area (Å²) in [6, 6.07) is 10.2. The van der Waals surface area contributed by atoms with E-state index < -0.39 is 17.7 Å². The van der Waals surface area contributed by atoms with E-state index in [1.54, 1.807) is 37.6 Å². The van der Waals surface area contributed by atoms with Crippen molar-refractivity contribution >= 4 is 23.3 Å². The van der Waals surface area contributed by atoms with Crippen molar-refractivity contribution in [3.63, 3.8) is 0 Å². The number of anilines is 2. The minimum Gasteiger partial charge on any atom is -0.478 e. The molecule has 28 heavy (non-hydrogen) atoms. The summed E-state index contributed by atoms with van der Waals surface area (Å²) in [7, 11) is 1.79. The van der Waals surface area contributed by atoms with E-state index in [-0.39, 0.29) is 16.8 Å². The number of aromatic amines is 1. The maximum atomic E-state index is 13.8. The number of halogens is 1. The zero-order valence-corrected chi connectivity index (χ0v) is 15.1. The molecule has 3 rings (SSSR count). The fraction of sp³-hybridized carbons (Fsp3) is 0.150. The van der Waals surface area contributed by atoms with Gasteiger partial charge in [0.1, 0.15) is 5.82 Å². The second-order valence-corrected chi connectivity index (χ2v) is 6.25. The number of nitrogens with one attached hydrogen (secondary N) is 2. The molecular formula is C20H19FN4O3. The van der Waals surface area contributed by atoms with Gasteiger partial charge in [0.15, 0.2) is 0 Å². The number of amides is 1. The first kappa shape index (κ1) is 19.1. The third-order valence-electron chi connectivity index (χ3n) is 4.31. The van der Waals surface area contributed by atoms with Gasteiger partial charge in [0.25, 0.3) is 5.91 Å². The van der Waals surface area contributed by atoms with Gasteiger partial charge in [-0.3, -0.25) is 9.89 Å². The number of aromatic carboxylic acids is 1. The molecule has 7 nitrogen and oxygen atoms in total. The Hall–Kier alpha value is -3.68. The number of carboxylic acids is 1. The molecule has 1 heterocycles. The number of nitrogens with zero attached hydrogens (tertiary/aromatic N) is 2. The zero-order valence-electron chi connectivity index (χ0n) is 15.1. The van der Waals surface area contributed by atoms with Crippen molar-refractivity contribution in [1.29, 1.82) is 0 Å². The molecule has 0 aliphatic heterocycles. The number of hydrogen-bond donors (Lipinski definition) is 3. The molecule has 144 valence electrons. The van der Waals surface area contributed by atoms with E-state index in [0.29, 0.717) is 18.7 Å². The van der Waals surface area contributed by atoms with Gasteiger partial charge in [-0.15, -0.1) is 0 Å². The third-order valence-corrected chi connectivity index (χ3v) is 4.31. The van der Waals surface area contributed by atoms with Crippen LogP contribution in [0.3, 0.4) is 0 Å². The Morgan fingerprint density at radius 3 is 2.68 bits per heavy atom. The molecule has 0 radical (unpaired) electrons. The van der Waals surface area contributed by atoms with Crippen molar-refractivity contribution in [1.82, 2.24) is 10.2 Å². The average molecular weight is 382 g/mol. The summed E-state index contributed by atoms with van der Waals surface area (Å²) in [6.07, 6.45) is 4.19. The molecule has 1 amide bonds. The van der Waals surface area contributed by atoms with Crippen LogP contribution in [-0.2, 0) is 6.42 Å². The molecule has 0 bridgehead atoms. The SMILES string of the molecule is CN(CCc1cn[nH]c1)c1ccc(NC(=O)c2ccccc2F)cc1C(=O)O. The van der Waals surface area contributed by atoms with Crippen LogP contribution in [-0.4, -0.2) is 40.8 Å². The lowest BCUT2D eigenvalue weighted by Crippen LogP contribution is -2.23. The Morgan fingerprint density at radius 2 is 2.00 bits per heavy atom. The Labute approximate surface area is 160 Å². The number of carbonyl (C=O) groups excluding carboxylic acids is 1. The van der Waals surface area contributed by atoms with Crippen LogP contribution < -0.4 is 10.2 Å². The van der Waals surface area contributed by atoms with Crippen LogP contribution in [0.4, 0.5) is 15.8 Å². The van der Waals surface area contributed by atoms with Crippen molar-refractivity contribution in [2.75, 3.05) is 23.8 Å². The van der Waals surface area contributed by atoms with E-state index in [4.69, 9.17) is 0 Å². The van der Waals surface area contributed by atoms with Gasteiger partial charge >= 0.3 is 5.97 Å². The van der Waals surface area contributed by atoms with Crippen molar-refractivity contribution in [2.24, 2.45) is 0 Å². The highest BCUT2D eigenvalue weighted by Gasteiger charge is 2.17. The lowest BCUT2D eigenvalue weighted by molar-refractivity contribution is 0.0697. The first-order valence-corrected chi connectivity index (χ1v) is 8.57. The number of carboxylic acid groups (broad SMARTS) is 1. The molecule has 0 saturated heterocycles. The summed E-state index contributed by atoms with van der Waals surface area (Å²) in [5, 5.41) is 18.7. The van der Waals surface area contributed by atoms with Crippen molar-refractivity contribution in [3.8, 4) is 0 Å². The van der Waals surface area contributed by atoms with Gasteiger partial charge in [-0.2, -0.15) is 5.10 Å². The van der Waals surface area contributed by atoms with Crippen molar-refractivity contribution in [3.05, 3.63) is 77.4 Å². The zero-order chi connectivity index (χ0) is 20.1. The second-order valence-electron chi connectivity index (χ2n) is 6.25. The molecule has 1 aromatic heterocycles. The van der Waals surface area contributed by atoms with E-state index in [1.807, 2.05) is 4.90 Å². The summed E-state index contributed by atoms with van der Waals surface area (Å²) >= 11 is 0. The largest absolute Gasteiger partial charge is 0.478 e. The Morgan fingerprint density at radius 1 is 1.21 bits per heavy atom. The van der Waals surface area contributed by atoms with Crippen LogP contribution in [0.2, 0.25) is 0 Å². The number of carbonyl (C=O) groups is 2. The highest BCUT2D eigenvalue weighted by Crippen LogP contribution is 2.24. The quantitative estimate of drug-likeness (QED) is 0.583. The molecule has 0 aliphatic rings. The first-order chi connectivity index (χ1) is 13.5. The van der Waals surface area contributed by atoms with E-state index in [1.165, 1.54) is 24.3 Å². The van der Waals surface area contributed by atoms with Crippen LogP contribution in [0.1, 0.15) is 26.3 Å². The lowest BCUT2D eigenvalue weighted by atomic mass is 10.1. The predicted molar refractivity (Wildman–Crippen MR) is 103 cm³/mol. The van der Waals surface area contributed by atoms with E-state index in [0.717, 1.165) is 5.56 Å². The van der Waals surface area contributed by atoms with Crippen LogP contribution in [0.25, 0.3) is 0 Å². The van der Waals surface area contributed by atoms with Gasteiger partial charge in [0.05, 0.1) is 23.0 Å². The maximum absolute atomic E-state index is 13.8. The minimum absolute atomic E-state index is 0.0426. The summed E-state index contributed by atoms with van der Waals surface area (Å²) in [4.78, 5) is 25.8. The molecule has 0 spiro atoms. The van der Waals surface area contributed by atoms with Gasteiger partial charge in [0.2, 0.25) is 0 Å². The number of benzene rings is 2. The van der Waals surface area contributed by atoms with E-state index in [9.17, 15) is 19.1 Å². The van der Waals surface area contributed by atoms with Crippen LogP contribution in [0.5, 0.6) is 0 Å². The normalized spacial score (nSPS) is 10.5. The molecule has 3 aromatic rings. The van der Waals surface area contributed by atoms with Gasteiger partial charge in [0, 0.05) is 25.5 Å². The molecule has 2 aromatic carbocycles. The summed E-state index contributed by atoms with van der Waals surface area (Å²) in [5.74, 6) is -2.41. The average Bonchev–Trinajstić information content (AvgIpc) is 3.20. The van der Waals surface area contributed by atoms with E-state index >= 15 is 0 Å². The summed E-state index contributed by atoms with van der Waals surface area (Å²) in [6.45, 7) is 0.584. The molecule has 8 heteroatoms. The highest BCUT2D eigenvalue weighted by molar-refractivity contribution is 6.05. The topological polar surface area (TPSA) is 98.3 Å². The third kappa shape index (κ3) is 4.35. The molecular weight excluding hydrogens is 363 g/mol. The first-order valence-electron chi connectivity index (χ1n) is 8.57. The maximum Gasteiger partial charge on any atom is 0.337 e. The second kappa shape index (κ2) is 8.34. The van der Waals surface area contributed by atoms with Gasteiger partial charge in [-0.1, -0.05) is 12.1 Å². The number of likely N-dealkylation sites (N-methyl/N-ethyl adjacent to an activating group) is 1. The molecule has 0 fully saturated rings. The molecule has 0 aliphatic carbocycles.